The molecule has 53 heavy (non-hydrogen) atoms. The van der Waals surface area contributed by atoms with Crippen molar-refractivity contribution in [3.8, 4) is 22.6 Å². The van der Waals surface area contributed by atoms with Gasteiger partial charge in [-0.05, 0) is 70.8 Å². The molecule has 2 heterocycles. The van der Waals surface area contributed by atoms with Gasteiger partial charge in [-0.15, -0.1) is 0 Å². The maximum atomic E-state index is 13.6. The van der Waals surface area contributed by atoms with Gasteiger partial charge in [0.25, 0.3) is 15.9 Å². The Hall–Kier alpha value is -5.49. The molecule has 0 radical (unpaired) electrons. The molecule has 1 fully saturated rings. The van der Waals surface area contributed by atoms with E-state index in [0.29, 0.717) is 22.0 Å². The van der Waals surface area contributed by atoms with Gasteiger partial charge in [-0.3, -0.25) is 14.5 Å². The monoisotopic (exact) mass is 747 g/mol. The number of para-hydroxylation sites is 1. The molecular weight excluding hydrogens is 710 g/mol. The van der Waals surface area contributed by atoms with Crippen LogP contribution in [0.3, 0.4) is 0 Å². The van der Waals surface area contributed by atoms with Crippen molar-refractivity contribution in [2.75, 3.05) is 31.1 Å². The van der Waals surface area contributed by atoms with Crippen molar-refractivity contribution >= 4 is 44.8 Å². The van der Waals surface area contributed by atoms with Gasteiger partial charge in [0.2, 0.25) is 5.91 Å². The summed E-state index contributed by atoms with van der Waals surface area (Å²) in [5.74, 6) is -0.356. The van der Waals surface area contributed by atoms with E-state index in [-0.39, 0.29) is 34.5 Å². The Balaban J connectivity index is 1.06. The summed E-state index contributed by atoms with van der Waals surface area (Å²) in [6, 6.07) is 36.7. The van der Waals surface area contributed by atoms with Crippen LogP contribution in [0.25, 0.3) is 11.1 Å². The minimum Gasteiger partial charge on any atom is -0.456 e. The summed E-state index contributed by atoms with van der Waals surface area (Å²) < 4.78 is 35.2. The number of hydrazone groups is 1. The highest BCUT2D eigenvalue weighted by molar-refractivity contribution is 7.90. The number of sulfonamides is 1. The fraction of sp³-hybridized carbons (Fsp3) is 0.195. The molecule has 1 atom stereocenters. The number of anilines is 1. The van der Waals surface area contributed by atoms with Crippen molar-refractivity contribution in [1.82, 2.24) is 15.0 Å². The predicted molar refractivity (Wildman–Crippen MR) is 207 cm³/mol. The van der Waals surface area contributed by atoms with Crippen LogP contribution in [0.15, 0.2) is 131 Å². The van der Waals surface area contributed by atoms with Gasteiger partial charge in [0, 0.05) is 61.8 Å². The number of halogens is 1. The van der Waals surface area contributed by atoms with E-state index in [1.54, 1.807) is 36.4 Å². The van der Waals surface area contributed by atoms with E-state index in [1.807, 2.05) is 55.5 Å². The van der Waals surface area contributed by atoms with Gasteiger partial charge in [0.05, 0.1) is 16.2 Å². The largest absolute Gasteiger partial charge is 0.456 e. The lowest BCUT2D eigenvalue weighted by Gasteiger charge is -2.36. The highest BCUT2D eigenvalue weighted by atomic mass is 35.5. The molecule has 12 heteroatoms. The number of rotatable bonds is 10. The second kappa shape index (κ2) is 15.6. The molecule has 0 spiro atoms. The number of benzene rings is 5. The number of nitrogens with zero attached hydrogens (tertiary/aromatic N) is 3. The van der Waals surface area contributed by atoms with E-state index in [4.69, 9.17) is 16.3 Å². The summed E-state index contributed by atoms with van der Waals surface area (Å²) in [4.78, 5) is 29.9. The van der Waals surface area contributed by atoms with Crippen LogP contribution in [0.5, 0.6) is 11.5 Å². The van der Waals surface area contributed by atoms with E-state index in [2.05, 4.69) is 49.3 Å². The third-order valence-electron chi connectivity index (χ3n) is 9.43. The lowest BCUT2D eigenvalue weighted by atomic mass is 9.94. The Labute approximate surface area is 314 Å². The average molecular weight is 748 g/mol. The molecule has 0 aromatic heterocycles. The van der Waals surface area contributed by atoms with Crippen molar-refractivity contribution in [3.05, 3.63) is 143 Å². The summed E-state index contributed by atoms with van der Waals surface area (Å²) in [7, 11) is -4.24. The third-order valence-corrected chi connectivity index (χ3v) is 11.0. The first-order valence-corrected chi connectivity index (χ1v) is 19.2. The Bertz CT molecular complexity index is 2260. The van der Waals surface area contributed by atoms with Gasteiger partial charge >= 0.3 is 0 Å². The number of ether oxygens (including phenoxy) is 1. The van der Waals surface area contributed by atoms with Crippen LogP contribution in [0.4, 0.5) is 5.69 Å². The zero-order chi connectivity index (χ0) is 37.0. The summed E-state index contributed by atoms with van der Waals surface area (Å²) in [5.41, 5.74) is 8.30. The van der Waals surface area contributed by atoms with E-state index >= 15 is 0 Å². The Kier molecular flexibility index (Phi) is 10.6. The highest BCUT2D eigenvalue weighted by Gasteiger charge is 2.26. The van der Waals surface area contributed by atoms with Gasteiger partial charge in [-0.1, -0.05) is 85.3 Å². The minimum absolute atomic E-state index is 0.0800. The number of nitrogens with one attached hydrogen (secondary N) is 2. The minimum atomic E-state index is -4.24. The quantitative estimate of drug-likeness (QED) is 0.156. The molecule has 2 aliphatic heterocycles. The standard InChI is InChI=1S/C41H38ClN5O5S/c1-28-25-39(48)43-44-40(28)30-13-18-35(19-14-30)53(50,51)45-41(49)37-20-17-33(26-38(37)52-34-8-3-2-4-9-34)47-23-21-46(22-24-47)27-31-7-5-6-10-36(31)29-11-15-32(42)16-12-29/h2-20,26,28H,21-25,27H2,1H3,(H,43,48)(H,45,49). The number of amides is 2. The van der Waals surface area contributed by atoms with Gasteiger partial charge in [-0.25, -0.2) is 18.6 Å². The summed E-state index contributed by atoms with van der Waals surface area (Å²) >= 11 is 6.14. The molecule has 7 rings (SSSR count). The zero-order valence-corrected chi connectivity index (χ0v) is 30.6. The van der Waals surface area contributed by atoms with Crippen molar-refractivity contribution in [2.24, 2.45) is 11.0 Å². The molecule has 10 nitrogen and oxygen atoms in total. The Morgan fingerprint density at radius 3 is 2.26 bits per heavy atom. The molecule has 5 aromatic carbocycles. The number of hydrogen-bond acceptors (Lipinski definition) is 8. The zero-order valence-electron chi connectivity index (χ0n) is 29.0. The Morgan fingerprint density at radius 1 is 0.868 bits per heavy atom. The van der Waals surface area contributed by atoms with E-state index in [9.17, 15) is 18.0 Å². The second-order valence-corrected chi connectivity index (χ2v) is 15.2. The summed E-state index contributed by atoms with van der Waals surface area (Å²) in [6.45, 7) is 5.84. The molecule has 2 amide bonds. The number of carbonyl (C=O) groups excluding carboxylic acids is 2. The first-order chi connectivity index (χ1) is 25.6. The van der Waals surface area contributed by atoms with Gasteiger partial charge in [-0.2, -0.15) is 5.10 Å². The normalized spacial score (nSPS) is 16.4. The molecule has 0 bridgehead atoms. The van der Waals surface area contributed by atoms with E-state index in [0.717, 1.165) is 44.0 Å². The summed E-state index contributed by atoms with van der Waals surface area (Å²) in [5, 5.41) is 4.85. The maximum absolute atomic E-state index is 13.6. The maximum Gasteiger partial charge on any atom is 0.268 e. The third kappa shape index (κ3) is 8.44. The van der Waals surface area contributed by atoms with Gasteiger partial charge < -0.3 is 9.64 Å². The molecule has 270 valence electrons. The van der Waals surface area contributed by atoms with Gasteiger partial charge in [0.15, 0.2) is 0 Å². The molecule has 5 aromatic rings. The van der Waals surface area contributed by atoms with Crippen LogP contribution in [0.2, 0.25) is 5.02 Å². The lowest BCUT2D eigenvalue weighted by Crippen LogP contribution is -2.46. The predicted octanol–water partition coefficient (Wildman–Crippen LogP) is 7.10. The van der Waals surface area contributed by atoms with Crippen molar-refractivity contribution in [3.63, 3.8) is 0 Å². The van der Waals surface area contributed by atoms with E-state index in [1.165, 1.54) is 23.3 Å². The molecule has 1 saturated heterocycles. The van der Waals surface area contributed by atoms with Crippen molar-refractivity contribution in [2.45, 2.75) is 24.8 Å². The molecule has 1 unspecified atom stereocenters. The number of carbonyl (C=O) groups is 2. The lowest BCUT2D eigenvalue weighted by molar-refractivity contribution is -0.121. The average Bonchev–Trinajstić information content (AvgIpc) is 3.16. The van der Waals surface area contributed by atoms with Crippen molar-refractivity contribution < 1.29 is 22.7 Å². The topological polar surface area (TPSA) is 120 Å². The Morgan fingerprint density at radius 2 is 1.55 bits per heavy atom. The van der Waals surface area contributed by atoms with Crippen LogP contribution in [0, 0.1) is 5.92 Å². The number of piperazine rings is 1. The van der Waals surface area contributed by atoms with Crippen LogP contribution in [0.1, 0.15) is 34.8 Å². The first kappa shape index (κ1) is 35.9. The summed E-state index contributed by atoms with van der Waals surface area (Å²) in [6.07, 6.45) is 0.290. The molecular formula is C41H38ClN5O5S. The van der Waals surface area contributed by atoms with E-state index < -0.39 is 15.9 Å². The van der Waals surface area contributed by atoms with Gasteiger partial charge in [0.1, 0.15) is 11.5 Å². The van der Waals surface area contributed by atoms with Crippen LogP contribution < -0.4 is 19.8 Å². The van der Waals surface area contributed by atoms with Crippen LogP contribution in [-0.2, 0) is 21.4 Å². The second-order valence-electron chi connectivity index (χ2n) is 13.1. The highest BCUT2D eigenvalue weighted by Crippen LogP contribution is 2.32. The molecule has 0 aliphatic carbocycles. The van der Waals surface area contributed by atoms with Crippen molar-refractivity contribution in [1.29, 1.82) is 0 Å². The fourth-order valence-electron chi connectivity index (χ4n) is 6.61. The molecule has 2 N–H and O–H groups in total. The van der Waals surface area contributed by atoms with Crippen LogP contribution >= 0.6 is 11.6 Å². The first-order valence-electron chi connectivity index (χ1n) is 17.3. The number of hydrogen-bond donors (Lipinski definition) is 2. The van der Waals surface area contributed by atoms with Crippen LogP contribution in [-0.4, -0.2) is 57.0 Å². The molecule has 2 aliphatic rings. The smallest absolute Gasteiger partial charge is 0.268 e. The molecule has 0 saturated carbocycles. The SMILES string of the molecule is CC1CC(=O)NN=C1c1ccc(S(=O)(=O)NC(=O)c2ccc(N3CCN(Cc4ccccc4-c4ccc(Cl)cc4)CC3)cc2Oc2ccccc2)cc1. The fourth-order valence-corrected chi connectivity index (χ4v) is 7.70.